The lowest BCUT2D eigenvalue weighted by Crippen LogP contribution is -2.32. The van der Waals surface area contributed by atoms with Gasteiger partial charge in [0.1, 0.15) is 12.2 Å². The first-order chi connectivity index (χ1) is 8.50. The first kappa shape index (κ1) is 13.1. The van der Waals surface area contributed by atoms with Gasteiger partial charge in [-0.15, -0.1) is 0 Å². The first-order valence-electron chi connectivity index (χ1n) is 6.78. The molecule has 0 radical (unpaired) electrons. The molecule has 1 aromatic rings. The Labute approximate surface area is 109 Å². The third kappa shape index (κ3) is 2.55. The second kappa shape index (κ2) is 4.72. The summed E-state index contributed by atoms with van der Waals surface area (Å²) in [5, 5.41) is 13.8. The maximum atomic E-state index is 9.57. The topological polar surface area (TPSA) is 54.5 Å². The number of aryl methyl sites for hydroxylation is 1. The first-order valence-corrected chi connectivity index (χ1v) is 6.78. The molecule has 0 saturated heterocycles. The third-order valence-electron chi connectivity index (χ3n) is 4.29. The van der Waals surface area contributed by atoms with Crippen molar-refractivity contribution in [3.63, 3.8) is 0 Å². The van der Waals surface area contributed by atoms with E-state index in [4.69, 9.17) is 0 Å². The summed E-state index contributed by atoms with van der Waals surface area (Å²) in [4.78, 5) is 4.31. The van der Waals surface area contributed by atoms with Gasteiger partial charge in [-0.2, -0.15) is 10.4 Å². The predicted molar refractivity (Wildman–Crippen MR) is 69.7 cm³/mol. The summed E-state index contributed by atoms with van der Waals surface area (Å²) >= 11 is 0. The number of hydrogen-bond donors (Lipinski definition) is 0. The Balaban J connectivity index is 2.13. The van der Waals surface area contributed by atoms with Crippen molar-refractivity contribution in [3.8, 4) is 6.07 Å². The van der Waals surface area contributed by atoms with Crippen LogP contribution in [0.4, 0.5) is 0 Å². The van der Waals surface area contributed by atoms with Gasteiger partial charge in [-0.25, -0.2) is 4.98 Å². The van der Waals surface area contributed by atoms with E-state index < -0.39 is 0 Å². The fraction of sp³-hybridized carbons (Fsp3) is 0.786. The van der Waals surface area contributed by atoms with Crippen molar-refractivity contribution in [2.75, 3.05) is 0 Å². The van der Waals surface area contributed by atoms with Crippen molar-refractivity contribution in [2.24, 2.45) is 10.8 Å². The Kier molecular flexibility index (Phi) is 3.43. The van der Waals surface area contributed by atoms with Crippen LogP contribution in [0, 0.1) is 22.2 Å². The molecule has 4 nitrogen and oxygen atoms in total. The van der Waals surface area contributed by atoms with Crippen molar-refractivity contribution in [1.29, 1.82) is 5.26 Å². The highest BCUT2D eigenvalue weighted by molar-refractivity contribution is 5.08. The molecule has 1 aromatic heterocycles. The Hall–Kier alpha value is -1.37. The molecular formula is C14H22N4. The Morgan fingerprint density at radius 3 is 2.56 bits per heavy atom. The summed E-state index contributed by atoms with van der Waals surface area (Å²) in [6.07, 6.45) is 6.55. The van der Waals surface area contributed by atoms with Crippen molar-refractivity contribution in [1.82, 2.24) is 14.8 Å². The molecule has 1 aliphatic carbocycles. The zero-order chi connectivity index (χ0) is 13.2. The molecule has 1 aliphatic rings. The molecule has 1 fully saturated rings. The van der Waals surface area contributed by atoms with Crippen molar-refractivity contribution >= 4 is 0 Å². The van der Waals surface area contributed by atoms with Crippen molar-refractivity contribution in [2.45, 2.75) is 59.4 Å². The summed E-state index contributed by atoms with van der Waals surface area (Å²) in [5.74, 6) is 0.957. The van der Waals surface area contributed by atoms with E-state index in [1.807, 2.05) is 4.68 Å². The zero-order valence-electron chi connectivity index (χ0n) is 11.6. The van der Waals surface area contributed by atoms with Gasteiger partial charge in [0.2, 0.25) is 0 Å². The van der Waals surface area contributed by atoms with Gasteiger partial charge in [0, 0.05) is 13.0 Å². The van der Waals surface area contributed by atoms with E-state index in [1.165, 1.54) is 0 Å². The lowest BCUT2D eigenvalue weighted by molar-refractivity contribution is 0.143. The molecule has 0 bridgehead atoms. The highest BCUT2D eigenvalue weighted by Crippen LogP contribution is 2.46. The summed E-state index contributed by atoms with van der Waals surface area (Å²) in [6.45, 7) is 7.47. The van der Waals surface area contributed by atoms with Gasteiger partial charge < -0.3 is 0 Å². The largest absolute Gasteiger partial charge is 0.250 e. The van der Waals surface area contributed by atoms with Gasteiger partial charge in [-0.05, 0) is 38.0 Å². The number of nitriles is 1. The fourth-order valence-corrected chi connectivity index (χ4v) is 2.73. The van der Waals surface area contributed by atoms with Crippen LogP contribution in [0.5, 0.6) is 0 Å². The highest BCUT2D eigenvalue weighted by Gasteiger charge is 2.39. The lowest BCUT2D eigenvalue weighted by atomic mass is 9.64. The minimum absolute atomic E-state index is 0.227. The van der Waals surface area contributed by atoms with Crippen LogP contribution < -0.4 is 0 Å². The molecule has 98 valence electrons. The molecule has 18 heavy (non-hydrogen) atoms. The van der Waals surface area contributed by atoms with E-state index in [-0.39, 0.29) is 5.41 Å². The second-order valence-corrected chi connectivity index (χ2v) is 6.23. The zero-order valence-corrected chi connectivity index (χ0v) is 11.6. The molecule has 0 aromatic carbocycles. The molecule has 1 heterocycles. The molecule has 0 aliphatic heterocycles. The maximum Gasteiger partial charge on any atom is 0.138 e. The second-order valence-electron chi connectivity index (χ2n) is 6.23. The Morgan fingerprint density at radius 1 is 1.33 bits per heavy atom. The van der Waals surface area contributed by atoms with Gasteiger partial charge in [-0.3, -0.25) is 4.68 Å². The van der Waals surface area contributed by atoms with E-state index in [1.54, 1.807) is 6.33 Å². The van der Waals surface area contributed by atoms with E-state index in [2.05, 4.69) is 36.9 Å². The molecule has 0 spiro atoms. The van der Waals surface area contributed by atoms with E-state index in [0.29, 0.717) is 5.41 Å². The van der Waals surface area contributed by atoms with Crippen LogP contribution in [0.15, 0.2) is 6.33 Å². The maximum absolute atomic E-state index is 9.57. The Bertz CT molecular complexity index is 443. The third-order valence-corrected chi connectivity index (χ3v) is 4.29. The number of aromatic nitrogens is 3. The molecule has 4 heteroatoms. The van der Waals surface area contributed by atoms with E-state index in [0.717, 1.165) is 44.5 Å². The molecule has 1 saturated carbocycles. The van der Waals surface area contributed by atoms with Crippen molar-refractivity contribution < 1.29 is 0 Å². The Morgan fingerprint density at radius 2 is 2.00 bits per heavy atom. The van der Waals surface area contributed by atoms with Crippen LogP contribution in [0.3, 0.4) is 0 Å². The molecule has 0 N–H and O–H groups in total. The van der Waals surface area contributed by atoms with Crippen LogP contribution in [0.2, 0.25) is 0 Å². The molecule has 0 amide bonds. The minimum Gasteiger partial charge on any atom is -0.250 e. The summed E-state index contributed by atoms with van der Waals surface area (Å²) in [5.41, 5.74) is 0.161. The standard InChI is InChI=1S/C14H22N4/c1-4-18-12(16-11-17-18)9-14(10-15)7-5-13(2,3)6-8-14/h11H,4-9H2,1-3H3. The predicted octanol–water partition coefficient (Wildman–Crippen LogP) is 2.95. The monoisotopic (exact) mass is 246 g/mol. The molecule has 0 unspecified atom stereocenters. The molecule has 0 atom stereocenters. The number of rotatable bonds is 3. The lowest BCUT2D eigenvalue weighted by Gasteiger charge is -2.39. The normalized spacial score (nSPS) is 21.4. The fourth-order valence-electron chi connectivity index (χ4n) is 2.73. The van der Waals surface area contributed by atoms with Gasteiger partial charge in [-0.1, -0.05) is 13.8 Å². The van der Waals surface area contributed by atoms with E-state index in [9.17, 15) is 5.26 Å². The number of nitrogens with zero attached hydrogens (tertiary/aromatic N) is 4. The minimum atomic E-state index is -0.227. The average molecular weight is 246 g/mol. The van der Waals surface area contributed by atoms with Gasteiger partial charge in [0.05, 0.1) is 11.5 Å². The van der Waals surface area contributed by atoms with Crippen LogP contribution in [-0.4, -0.2) is 14.8 Å². The highest BCUT2D eigenvalue weighted by atomic mass is 15.3. The van der Waals surface area contributed by atoms with Gasteiger partial charge in [0.15, 0.2) is 0 Å². The van der Waals surface area contributed by atoms with E-state index >= 15 is 0 Å². The molecular weight excluding hydrogens is 224 g/mol. The van der Waals surface area contributed by atoms with Gasteiger partial charge in [0.25, 0.3) is 0 Å². The molecule has 2 rings (SSSR count). The van der Waals surface area contributed by atoms with Crippen LogP contribution in [0.25, 0.3) is 0 Å². The SMILES string of the molecule is CCn1ncnc1CC1(C#N)CCC(C)(C)CC1. The van der Waals surface area contributed by atoms with Crippen LogP contribution in [-0.2, 0) is 13.0 Å². The summed E-state index contributed by atoms with van der Waals surface area (Å²) in [7, 11) is 0. The summed E-state index contributed by atoms with van der Waals surface area (Å²) in [6, 6.07) is 2.56. The van der Waals surface area contributed by atoms with Crippen LogP contribution >= 0.6 is 0 Å². The van der Waals surface area contributed by atoms with Gasteiger partial charge >= 0.3 is 0 Å². The van der Waals surface area contributed by atoms with Crippen molar-refractivity contribution in [3.05, 3.63) is 12.2 Å². The summed E-state index contributed by atoms with van der Waals surface area (Å²) < 4.78 is 1.90. The number of hydrogen-bond acceptors (Lipinski definition) is 3. The quantitative estimate of drug-likeness (QED) is 0.824. The van der Waals surface area contributed by atoms with Crippen LogP contribution in [0.1, 0.15) is 52.3 Å². The average Bonchev–Trinajstić information content (AvgIpc) is 2.79. The smallest absolute Gasteiger partial charge is 0.138 e.